The van der Waals surface area contributed by atoms with Crippen LogP contribution in [0.3, 0.4) is 0 Å². The first-order chi connectivity index (χ1) is 17.7. The lowest BCUT2D eigenvalue weighted by molar-refractivity contribution is -0.463. The van der Waals surface area contributed by atoms with Crippen molar-refractivity contribution in [3.8, 4) is 0 Å². The summed E-state index contributed by atoms with van der Waals surface area (Å²) in [6, 6.07) is 10.6. The van der Waals surface area contributed by atoms with Gasteiger partial charge >= 0.3 is 0 Å². The quantitative estimate of drug-likeness (QED) is 0.0672. The highest BCUT2D eigenvalue weighted by Gasteiger charge is 2.39. The Kier molecular flexibility index (Phi) is 12.5. The van der Waals surface area contributed by atoms with Crippen LogP contribution >= 0.6 is 23.1 Å². The molecule has 0 saturated heterocycles. The first kappa shape index (κ1) is 32.5. The Morgan fingerprint density at radius 2 is 1.97 bits per heavy atom. The minimum atomic E-state index is -2.08. The number of benzene rings is 1. The van der Waals surface area contributed by atoms with E-state index >= 15 is 0 Å². The van der Waals surface area contributed by atoms with Gasteiger partial charge in [-0.2, -0.15) is 11.8 Å². The van der Waals surface area contributed by atoms with Crippen molar-refractivity contribution in [1.29, 1.82) is 0 Å². The maximum Gasteiger partial charge on any atom is 0.259 e. The predicted octanol–water partition coefficient (Wildman–Crippen LogP) is 6.69. The molecule has 0 aliphatic carbocycles. The molecule has 1 atom stereocenters. The largest absolute Gasteiger partial charge is 0.408 e. The van der Waals surface area contributed by atoms with E-state index in [0.717, 1.165) is 29.2 Å². The minimum Gasteiger partial charge on any atom is -0.408 e. The highest BCUT2D eigenvalue weighted by atomic mass is 32.2. The van der Waals surface area contributed by atoms with E-state index in [9.17, 15) is 10.1 Å². The molecular formula is C28H46N4O3S2Si. The van der Waals surface area contributed by atoms with E-state index in [4.69, 9.17) is 4.43 Å². The van der Waals surface area contributed by atoms with Gasteiger partial charge < -0.3 is 14.6 Å². The van der Waals surface area contributed by atoms with E-state index < -0.39 is 8.32 Å². The average Bonchev–Trinajstić information content (AvgIpc) is 3.13. The molecule has 1 aromatic heterocycles. The Labute approximate surface area is 238 Å². The van der Waals surface area contributed by atoms with E-state index in [1.54, 1.807) is 0 Å². The van der Waals surface area contributed by atoms with Gasteiger partial charge in [0.15, 0.2) is 14.2 Å². The lowest BCUT2D eigenvalue weighted by atomic mass is 10.1. The van der Waals surface area contributed by atoms with Crippen LogP contribution in [0.25, 0.3) is 0 Å². The van der Waals surface area contributed by atoms with Crippen LogP contribution < -0.4 is 5.32 Å². The van der Waals surface area contributed by atoms with Crippen molar-refractivity contribution in [1.82, 2.24) is 10.2 Å². The standard InChI is InChI=1S/C28H46N4O3S2Si/c1-21-11-10-12-23(15-21)25(35-38(8,9)28(3,4)5)17-30-27(19-32(33)34)29-13-14-36-20-24-16-22(2)26(37-24)18-31(6)7/h10-12,15-16,25H,13-14,17-20H2,1-9H3,(H,29,30). The summed E-state index contributed by atoms with van der Waals surface area (Å²) in [5, 5.41) is 14.6. The van der Waals surface area contributed by atoms with E-state index in [-0.39, 0.29) is 22.6 Å². The molecule has 2 aromatic rings. The van der Waals surface area contributed by atoms with Crippen molar-refractivity contribution in [2.24, 2.45) is 4.99 Å². The third kappa shape index (κ3) is 10.8. The molecule has 38 heavy (non-hydrogen) atoms. The third-order valence-corrected chi connectivity index (χ3v) is 13.6. The zero-order valence-electron chi connectivity index (χ0n) is 24.6. The molecule has 1 aromatic carbocycles. The number of thioether (sulfide) groups is 1. The summed E-state index contributed by atoms with van der Waals surface area (Å²) in [5.74, 6) is 2.20. The Hall–Kier alpha value is -1.72. The molecule has 1 unspecified atom stereocenters. The summed E-state index contributed by atoms with van der Waals surface area (Å²) in [4.78, 5) is 20.7. The van der Waals surface area contributed by atoms with Crippen molar-refractivity contribution in [2.45, 2.75) is 71.2 Å². The van der Waals surface area contributed by atoms with Gasteiger partial charge in [0.25, 0.3) is 6.54 Å². The number of amidine groups is 1. The lowest BCUT2D eigenvalue weighted by Crippen LogP contribution is -2.42. The van der Waals surface area contributed by atoms with Crippen LogP contribution in [0.2, 0.25) is 18.1 Å². The molecule has 0 spiro atoms. The normalized spacial score (nSPS) is 13.7. The number of thiophene rings is 1. The number of nitrogens with one attached hydrogen (secondary N) is 1. The fourth-order valence-corrected chi connectivity index (χ4v) is 7.17. The molecule has 10 heteroatoms. The van der Waals surface area contributed by atoms with Gasteiger partial charge in [-0.1, -0.05) is 50.6 Å². The van der Waals surface area contributed by atoms with Gasteiger partial charge in [0, 0.05) is 39.3 Å². The summed E-state index contributed by atoms with van der Waals surface area (Å²) in [6.45, 7) is 17.0. The van der Waals surface area contributed by atoms with Gasteiger partial charge in [-0.05, 0) is 63.3 Å². The second-order valence-electron chi connectivity index (χ2n) is 11.6. The number of rotatable bonds is 14. The number of aliphatic imine (C=N–C) groups is 1. The summed E-state index contributed by atoms with van der Waals surface area (Å²) in [5.41, 5.74) is 3.57. The fraction of sp³-hybridized carbons (Fsp3) is 0.607. The highest BCUT2D eigenvalue weighted by Crippen LogP contribution is 2.40. The number of aryl methyl sites for hydroxylation is 2. The molecule has 7 nitrogen and oxygen atoms in total. The highest BCUT2D eigenvalue weighted by molar-refractivity contribution is 7.98. The maximum atomic E-state index is 11.4. The van der Waals surface area contributed by atoms with Crippen LogP contribution in [-0.4, -0.2) is 63.5 Å². The van der Waals surface area contributed by atoms with Crippen LogP contribution in [-0.2, 0) is 16.7 Å². The van der Waals surface area contributed by atoms with E-state index in [1.165, 1.54) is 15.3 Å². The van der Waals surface area contributed by atoms with Crippen molar-refractivity contribution < 1.29 is 9.35 Å². The molecule has 1 heterocycles. The Morgan fingerprint density at radius 3 is 2.58 bits per heavy atom. The second-order valence-corrected chi connectivity index (χ2v) is 18.7. The Morgan fingerprint density at radius 1 is 1.26 bits per heavy atom. The van der Waals surface area contributed by atoms with Gasteiger partial charge in [0.1, 0.15) is 0 Å². The molecule has 0 aliphatic rings. The molecule has 0 amide bonds. The molecular weight excluding hydrogens is 533 g/mol. The number of nitro groups is 1. The van der Waals surface area contributed by atoms with E-state index in [2.05, 4.69) is 101 Å². The smallest absolute Gasteiger partial charge is 0.259 e. The average molecular weight is 579 g/mol. The molecule has 0 fully saturated rings. The minimum absolute atomic E-state index is 0.0479. The van der Waals surface area contributed by atoms with E-state index in [0.29, 0.717) is 18.9 Å². The molecule has 2 rings (SSSR count). The molecule has 0 saturated carbocycles. The lowest BCUT2D eigenvalue weighted by Gasteiger charge is -2.39. The predicted molar refractivity (Wildman–Crippen MR) is 167 cm³/mol. The van der Waals surface area contributed by atoms with Gasteiger partial charge in [0.2, 0.25) is 0 Å². The molecule has 1 N–H and O–H groups in total. The molecule has 0 aliphatic heterocycles. The molecule has 212 valence electrons. The fourth-order valence-electron chi connectivity index (χ4n) is 3.64. The summed E-state index contributed by atoms with van der Waals surface area (Å²) in [6.07, 6.45) is -0.243. The van der Waals surface area contributed by atoms with Crippen LogP contribution in [0.4, 0.5) is 0 Å². The Bertz CT molecular complexity index is 1080. The maximum absolute atomic E-state index is 11.4. The summed E-state index contributed by atoms with van der Waals surface area (Å²) < 4.78 is 6.75. The van der Waals surface area contributed by atoms with Gasteiger partial charge in [-0.3, -0.25) is 15.1 Å². The zero-order chi connectivity index (χ0) is 28.5. The summed E-state index contributed by atoms with van der Waals surface area (Å²) in [7, 11) is 2.10. The number of hydrogen-bond acceptors (Lipinski definition) is 7. The van der Waals surface area contributed by atoms with Crippen molar-refractivity contribution in [2.75, 3.05) is 39.5 Å². The zero-order valence-corrected chi connectivity index (χ0v) is 27.2. The Balaban J connectivity index is 2.03. The first-order valence-electron chi connectivity index (χ1n) is 13.1. The van der Waals surface area contributed by atoms with Crippen molar-refractivity contribution in [3.63, 3.8) is 0 Å². The number of hydrogen-bond donors (Lipinski definition) is 1. The van der Waals surface area contributed by atoms with Crippen LogP contribution in [0.15, 0.2) is 35.3 Å². The van der Waals surface area contributed by atoms with Crippen LogP contribution in [0, 0.1) is 24.0 Å². The summed E-state index contributed by atoms with van der Waals surface area (Å²) >= 11 is 3.70. The van der Waals surface area contributed by atoms with Gasteiger partial charge in [-0.25, -0.2) is 0 Å². The van der Waals surface area contributed by atoms with Crippen molar-refractivity contribution in [3.05, 3.63) is 66.9 Å². The van der Waals surface area contributed by atoms with Gasteiger partial charge in [-0.15, -0.1) is 11.3 Å². The van der Waals surface area contributed by atoms with Crippen LogP contribution in [0.5, 0.6) is 0 Å². The number of nitrogens with zero attached hydrogens (tertiary/aromatic N) is 3. The SMILES string of the molecule is Cc1cccc(C(CN=C(C[N+](=O)[O-])NCCSCc2cc(C)c(CN(C)C)s2)O[Si](C)(C)C(C)(C)C)c1. The second kappa shape index (κ2) is 14.6. The monoisotopic (exact) mass is 578 g/mol. The van der Waals surface area contributed by atoms with Gasteiger partial charge in [0.05, 0.1) is 12.6 Å². The van der Waals surface area contributed by atoms with Crippen LogP contribution in [0.1, 0.15) is 53.3 Å². The third-order valence-electron chi connectivity index (χ3n) is 6.74. The van der Waals surface area contributed by atoms with Crippen molar-refractivity contribution >= 4 is 37.3 Å². The van der Waals surface area contributed by atoms with E-state index in [1.807, 2.05) is 29.2 Å². The first-order valence-corrected chi connectivity index (χ1v) is 18.0. The molecule has 0 radical (unpaired) electrons. The topological polar surface area (TPSA) is 80.0 Å². The molecule has 0 bridgehead atoms.